The molecule has 0 aliphatic heterocycles. The average molecular weight is 367 g/mol. The van der Waals surface area contributed by atoms with Gasteiger partial charge in [-0.15, -0.1) is 0 Å². The number of nitrogens with one attached hydrogen (secondary N) is 1. The van der Waals surface area contributed by atoms with Crippen molar-refractivity contribution >= 4 is 27.5 Å². The van der Waals surface area contributed by atoms with Crippen LogP contribution < -0.4 is 5.32 Å². The van der Waals surface area contributed by atoms with E-state index in [0.29, 0.717) is 0 Å². The summed E-state index contributed by atoms with van der Waals surface area (Å²) in [6, 6.07) is 8.47. The lowest BCUT2D eigenvalue weighted by atomic mass is 9.87. The Bertz CT molecular complexity index is 633. The maximum absolute atomic E-state index is 6.22. The SMILES string of the molecule is CNC(c1cc(Cl)cc(Br)c1)c1c(C)c(C)cc(C)c1C. The molecule has 2 aromatic rings. The Hall–Kier alpha value is -0.830. The van der Waals surface area contributed by atoms with Crippen molar-refractivity contribution in [2.75, 3.05) is 7.05 Å². The fraction of sp³-hybridized carbons (Fsp3) is 0.333. The van der Waals surface area contributed by atoms with Gasteiger partial charge in [-0.1, -0.05) is 33.6 Å². The van der Waals surface area contributed by atoms with Crippen molar-refractivity contribution in [2.24, 2.45) is 0 Å². The molecule has 2 rings (SSSR count). The zero-order valence-electron chi connectivity index (χ0n) is 13.1. The largest absolute Gasteiger partial charge is 0.309 e. The van der Waals surface area contributed by atoms with Gasteiger partial charge in [-0.25, -0.2) is 0 Å². The highest BCUT2D eigenvalue weighted by atomic mass is 79.9. The van der Waals surface area contributed by atoms with E-state index in [1.807, 2.05) is 19.2 Å². The second-order valence-electron chi connectivity index (χ2n) is 5.60. The second kappa shape index (κ2) is 6.51. The van der Waals surface area contributed by atoms with E-state index in [-0.39, 0.29) is 6.04 Å². The zero-order valence-corrected chi connectivity index (χ0v) is 15.5. The number of hydrogen-bond acceptors (Lipinski definition) is 1. The molecule has 0 aliphatic rings. The first-order valence-electron chi connectivity index (χ1n) is 7.05. The topological polar surface area (TPSA) is 12.0 Å². The van der Waals surface area contributed by atoms with Crippen molar-refractivity contribution in [3.8, 4) is 0 Å². The molecule has 0 heterocycles. The first-order chi connectivity index (χ1) is 9.85. The predicted molar refractivity (Wildman–Crippen MR) is 95.4 cm³/mol. The molecule has 0 saturated carbocycles. The average Bonchev–Trinajstić information content (AvgIpc) is 2.40. The molecule has 3 heteroatoms. The van der Waals surface area contributed by atoms with Crippen LogP contribution in [0.3, 0.4) is 0 Å². The minimum atomic E-state index is 0.138. The van der Waals surface area contributed by atoms with Gasteiger partial charge in [-0.05, 0) is 86.3 Å². The summed E-state index contributed by atoms with van der Waals surface area (Å²) < 4.78 is 1.00. The van der Waals surface area contributed by atoms with Crippen molar-refractivity contribution in [3.63, 3.8) is 0 Å². The van der Waals surface area contributed by atoms with Crippen molar-refractivity contribution < 1.29 is 0 Å². The van der Waals surface area contributed by atoms with Crippen LogP contribution in [0.25, 0.3) is 0 Å². The van der Waals surface area contributed by atoms with Crippen molar-refractivity contribution in [1.82, 2.24) is 5.32 Å². The fourth-order valence-corrected chi connectivity index (χ4v) is 3.79. The summed E-state index contributed by atoms with van der Waals surface area (Å²) in [7, 11) is 2.00. The Morgan fingerprint density at radius 1 is 0.952 bits per heavy atom. The number of rotatable bonds is 3. The number of aryl methyl sites for hydroxylation is 2. The molecule has 0 aliphatic carbocycles. The van der Waals surface area contributed by atoms with Crippen LogP contribution in [-0.2, 0) is 0 Å². The van der Waals surface area contributed by atoms with Crippen LogP contribution in [0, 0.1) is 27.7 Å². The Labute approximate surface area is 140 Å². The molecule has 2 aromatic carbocycles. The van der Waals surface area contributed by atoms with Crippen LogP contribution in [0.4, 0.5) is 0 Å². The van der Waals surface area contributed by atoms with Crippen molar-refractivity contribution in [1.29, 1.82) is 0 Å². The summed E-state index contributed by atoms with van der Waals surface area (Å²) in [6.07, 6.45) is 0. The van der Waals surface area contributed by atoms with E-state index in [9.17, 15) is 0 Å². The molecule has 0 fully saturated rings. The summed E-state index contributed by atoms with van der Waals surface area (Å²) in [5.41, 5.74) is 7.86. The molecule has 1 nitrogen and oxygen atoms in total. The molecule has 0 spiro atoms. The van der Waals surface area contributed by atoms with Crippen LogP contribution in [0.1, 0.15) is 39.4 Å². The summed E-state index contributed by atoms with van der Waals surface area (Å²) >= 11 is 9.76. The number of benzene rings is 2. The van der Waals surface area contributed by atoms with Crippen LogP contribution in [0.15, 0.2) is 28.7 Å². The fourth-order valence-electron chi connectivity index (χ4n) is 2.90. The molecule has 1 unspecified atom stereocenters. The third-order valence-corrected chi connectivity index (χ3v) is 4.90. The van der Waals surface area contributed by atoms with Gasteiger partial charge in [0.2, 0.25) is 0 Å². The van der Waals surface area contributed by atoms with Crippen LogP contribution in [0.2, 0.25) is 5.02 Å². The minimum absolute atomic E-state index is 0.138. The van der Waals surface area contributed by atoms with Gasteiger partial charge in [-0.3, -0.25) is 0 Å². The maximum Gasteiger partial charge on any atom is 0.0580 e. The van der Waals surface area contributed by atoms with Gasteiger partial charge in [0.05, 0.1) is 6.04 Å². The molecule has 0 aromatic heterocycles. The third-order valence-electron chi connectivity index (χ3n) is 4.22. The molecule has 1 atom stereocenters. The van der Waals surface area contributed by atoms with E-state index < -0.39 is 0 Å². The van der Waals surface area contributed by atoms with Gasteiger partial charge in [0.1, 0.15) is 0 Å². The molecule has 21 heavy (non-hydrogen) atoms. The second-order valence-corrected chi connectivity index (χ2v) is 6.95. The lowest BCUT2D eigenvalue weighted by molar-refractivity contribution is 0.681. The molecule has 0 amide bonds. The predicted octanol–water partition coefficient (Wildman–Crippen LogP) is 5.64. The Morgan fingerprint density at radius 2 is 1.52 bits per heavy atom. The lowest BCUT2D eigenvalue weighted by Crippen LogP contribution is -2.20. The van der Waals surface area contributed by atoms with E-state index in [4.69, 9.17) is 11.6 Å². The number of hydrogen-bond donors (Lipinski definition) is 1. The van der Waals surface area contributed by atoms with Gasteiger partial charge >= 0.3 is 0 Å². The van der Waals surface area contributed by atoms with E-state index in [1.165, 1.54) is 33.4 Å². The lowest BCUT2D eigenvalue weighted by Gasteiger charge is -2.24. The Morgan fingerprint density at radius 3 is 2.00 bits per heavy atom. The number of halogens is 2. The summed E-state index contributed by atoms with van der Waals surface area (Å²) in [5.74, 6) is 0. The van der Waals surface area contributed by atoms with Crippen LogP contribution >= 0.6 is 27.5 Å². The first-order valence-corrected chi connectivity index (χ1v) is 8.22. The monoisotopic (exact) mass is 365 g/mol. The maximum atomic E-state index is 6.22. The van der Waals surface area contributed by atoms with E-state index in [0.717, 1.165) is 9.50 Å². The van der Waals surface area contributed by atoms with Gasteiger partial charge < -0.3 is 5.32 Å². The standard InChI is InChI=1S/C18H21BrClN/c1-10-6-11(2)13(4)17(12(10)3)18(21-5)14-7-15(19)9-16(20)8-14/h6-9,18,21H,1-5H3. The summed E-state index contributed by atoms with van der Waals surface area (Å²) in [5, 5.41) is 4.20. The van der Waals surface area contributed by atoms with E-state index in [2.05, 4.69) is 61.1 Å². The van der Waals surface area contributed by atoms with Crippen LogP contribution in [-0.4, -0.2) is 7.05 Å². The molecular formula is C18H21BrClN. The molecule has 0 bridgehead atoms. The summed E-state index contributed by atoms with van der Waals surface area (Å²) in [6.45, 7) is 8.74. The highest BCUT2D eigenvalue weighted by Gasteiger charge is 2.19. The molecule has 112 valence electrons. The molecule has 0 saturated heterocycles. The highest BCUT2D eigenvalue weighted by Crippen LogP contribution is 2.33. The molecule has 1 N–H and O–H groups in total. The minimum Gasteiger partial charge on any atom is -0.309 e. The smallest absolute Gasteiger partial charge is 0.0580 e. The highest BCUT2D eigenvalue weighted by molar-refractivity contribution is 9.10. The Kier molecular flexibility index (Phi) is 5.13. The normalized spacial score (nSPS) is 12.5. The van der Waals surface area contributed by atoms with Gasteiger partial charge in [0.25, 0.3) is 0 Å². The molecular weight excluding hydrogens is 346 g/mol. The first kappa shape index (κ1) is 16.5. The van der Waals surface area contributed by atoms with E-state index in [1.54, 1.807) is 0 Å². The molecule has 0 radical (unpaired) electrons. The van der Waals surface area contributed by atoms with Crippen LogP contribution in [0.5, 0.6) is 0 Å². The Balaban J connectivity index is 2.67. The zero-order chi connectivity index (χ0) is 15.7. The van der Waals surface area contributed by atoms with Gasteiger partial charge in [-0.2, -0.15) is 0 Å². The van der Waals surface area contributed by atoms with Gasteiger partial charge in [0.15, 0.2) is 0 Å². The van der Waals surface area contributed by atoms with Crippen molar-refractivity contribution in [3.05, 3.63) is 67.1 Å². The summed E-state index contributed by atoms with van der Waals surface area (Å²) in [4.78, 5) is 0. The van der Waals surface area contributed by atoms with E-state index >= 15 is 0 Å². The third kappa shape index (κ3) is 3.33. The quantitative estimate of drug-likeness (QED) is 0.740. The van der Waals surface area contributed by atoms with Crippen molar-refractivity contribution in [2.45, 2.75) is 33.7 Å². The van der Waals surface area contributed by atoms with Gasteiger partial charge in [0, 0.05) is 9.50 Å².